The lowest BCUT2D eigenvalue weighted by molar-refractivity contribution is 0.0668. The summed E-state index contributed by atoms with van der Waals surface area (Å²) < 4.78 is 1.90. The Morgan fingerprint density at radius 1 is 1.56 bits per heavy atom. The molecule has 1 aliphatic rings. The molecule has 0 saturated carbocycles. The molecule has 1 aliphatic heterocycles. The molecule has 0 aromatic carbocycles. The van der Waals surface area contributed by atoms with Crippen LogP contribution in [0.1, 0.15) is 29.0 Å². The molecule has 4 nitrogen and oxygen atoms in total. The zero-order valence-corrected chi connectivity index (χ0v) is 9.81. The number of hydrogen-bond acceptors (Lipinski definition) is 2. The third kappa shape index (κ3) is 1.73. The van der Waals surface area contributed by atoms with E-state index in [4.69, 9.17) is 0 Å². The van der Waals surface area contributed by atoms with Gasteiger partial charge in [0.15, 0.2) is 0 Å². The van der Waals surface area contributed by atoms with Crippen molar-refractivity contribution < 1.29 is 9.90 Å². The molecule has 0 aliphatic carbocycles. The summed E-state index contributed by atoms with van der Waals surface area (Å²) in [5, 5.41) is 9.21. The van der Waals surface area contributed by atoms with Crippen molar-refractivity contribution in [1.82, 2.24) is 9.47 Å². The number of carbonyl (C=O) groups excluding carboxylic acids is 1. The van der Waals surface area contributed by atoms with Crippen molar-refractivity contribution in [2.75, 3.05) is 13.2 Å². The van der Waals surface area contributed by atoms with Crippen molar-refractivity contribution in [3.05, 3.63) is 23.5 Å². The smallest absolute Gasteiger partial charge is 0.270 e. The van der Waals surface area contributed by atoms with Gasteiger partial charge >= 0.3 is 0 Å². The van der Waals surface area contributed by atoms with E-state index >= 15 is 0 Å². The van der Waals surface area contributed by atoms with Crippen LogP contribution < -0.4 is 0 Å². The van der Waals surface area contributed by atoms with Gasteiger partial charge in [0.25, 0.3) is 5.91 Å². The Hall–Kier alpha value is -1.29. The second kappa shape index (κ2) is 4.29. The van der Waals surface area contributed by atoms with Gasteiger partial charge in [-0.25, -0.2) is 0 Å². The number of likely N-dealkylation sites (tertiary alicyclic amines) is 1. The fourth-order valence-electron chi connectivity index (χ4n) is 2.27. The second-order valence-electron chi connectivity index (χ2n) is 4.40. The average Bonchev–Trinajstić information content (AvgIpc) is 2.86. The lowest BCUT2D eigenvalue weighted by Crippen LogP contribution is -2.38. The van der Waals surface area contributed by atoms with Crippen LogP contribution in [0.4, 0.5) is 0 Å². The molecule has 2 heterocycles. The van der Waals surface area contributed by atoms with E-state index in [9.17, 15) is 9.90 Å². The van der Waals surface area contributed by atoms with Crippen molar-refractivity contribution in [3.8, 4) is 0 Å². The molecule has 2 rings (SSSR count). The molecule has 1 unspecified atom stereocenters. The number of hydrogen-bond donors (Lipinski definition) is 1. The minimum Gasteiger partial charge on any atom is -0.394 e. The predicted molar refractivity (Wildman–Crippen MR) is 61.3 cm³/mol. The first-order chi connectivity index (χ1) is 7.65. The van der Waals surface area contributed by atoms with Crippen molar-refractivity contribution in [3.63, 3.8) is 0 Å². The second-order valence-corrected chi connectivity index (χ2v) is 4.40. The van der Waals surface area contributed by atoms with E-state index in [0.29, 0.717) is 5.69 Å². The number of carbonyl (C=O) groups is 1. The minimum atomic E-state index is 0.00251. The summed E-state index contributed by atoms with van der Waals surface area (Å²) >= 11 is 0. The van der Waals surface area contributed by atoms with Crippen LogP contribution in [0, 0.1) is 6.92 Å². The van der Waals surface area contributed by atoms with E-state index < -0.39 is 0 Å². The quantitative estimate of drug-likeness (QED) is 0.809. The SMILES string of the molecule is Cc1ccc(C(=O)N2CCCC2CO)n1C. The fourth-order valence-corrected chi connectivity index (χ4v) is 2.27. The molecule has 1 aromatic rings. The van der Waals surface area contributed by atoms with Crippen LogP contribution >= 0.6 is 0 Å². The molecule has 1 N–H and O–H groups in total. The molecule has 88 valence electrons. The fraction of sp³-hybridized carbons (Fsp3) is 0.583. The molecule has 0 bridgehead atoms. The van der Waals surface area contributed by atoms with Crippen LogP contribution in [0.5, 0.6) is 0 Å². The number of amides is 1. The molecule has 1 saturated heterocycles. The Morgan fingerprint density at radius 3 is 2.88 bits per heavy atom. The van der Waals surface area contributed by atoms with E-state index in [1.165, 1.54) is 0 Å². The van der Waals surface area contributed by atoms with E-state index in [2.05, 4.69) is 0 Å². The normalized spacial score (nSPS) is 20.4. The van der Waals surface area contributed by atoms with Gasteiger partial charge < -0.3 is 14.6 Å². The van der Waals surface area contributed by atoms with Gasteiger partial charge in [0.1, 0.15) is 5.69 Å². The number of aliphatic hydroxyl groups excluding tert-OH is 1. The molecule has 16 heavy (non-hydrogen) atoms. The summed E-state index contributed by atoms with van der Waals surface area (Å²) in [5.74, 6) is 0.0344. The zero-order valence-electron chi connectivity index (χ0n) is 9.81. The molecular weight excluding hydrogens is 204 g/mol. The minimum absolute atomic E-state index is 0.00251. The van der Waals surface area contributed by atoms with Gasteiger partial charge in [-0.05, 0) is 31.9 Å². The monoisotopic (exact) mass is 222 g/mol. The van der Waals surface area contributed by atoms with Gasteiger partial charge in [0.05, 0.1) is 12.6 Å². The summed E-state index contributed by atoms with van der Waals surface area (Å²) in [5.41, 5.74) is 1.78. The van der Waals surface area contributed by atoms with Crippen LogP contribution in [-0.2, 0) is 7.05 Å². The van der Waals surface area contributed by atoms with Crippen molar-refractivity contribution in [2.24, 2.45) is 7.05 Å². The highest BCUT2D eigenvalue weighted by molar-refractivity contribution is 5.93. The molecule has 1 fully saturated rings. The highest BCUT2D eigenvalue weighted by atomic mass is 16.3. The Labute approximate surface area is 95.5 Å². The van der Waals surface area contributed by atoms with Crippen LogP contribution in [-0.4, -0.2) is 39.7 Å². The third-order valence-corrected chi connectivity index (χ3v) is 3.44. The number of nitrogens with zero attached hydrogens (tertiary/aromatic N) is 2. The average molecular weight is 222 g/mol. The molecule has 1 amide bonds. The Balaban J connectivity index is 2.22. The topological polar surface area (TPSA) is 45.5 Å². The first-order valence-corrected chi connectivity index (χ1v) is 5.69. The maximum Gasteiger partial charge on any atom is 0.270 e. The molecule has 0 spiro atoms. The van der Waals surface area contributed by atoms with Crippen molar-refractivity contribution in [1.29, 1.82) is 0 Å². The van der Waals surface area contributed by atoms with E-state index in [1.54, 1.807) is 4.90 Å². The van der Waals surface area contributed by atoms with Crippen LogP contribution in [0.3, 0.4) is 0 Å². The molecule has 1 atom stereocenters. The first kappa shape index (κ1) is 11.2. The summed E-state index contributed by atoms with van der Waals surface area (Å²) in [6.45, 7) is 2.80. The summed E-state index contributed by atoms with van der Waals surface area (Å²) in [7, 11) is 1.90. The number of rotatable bonds is 2. The van der Waals surface area contributed by atoms with Gasteiger partial charge in [-0.2, -0.15) is 0 Å². The number of aryl methyl sites for hydroxylation is 1. The number of aliphatic hydroxyl groups is 1. The van der Waals surface area contributed by atoms with Crippen molar-refractivity contribution in [2.45, 2.75) is 25.8 Å². The highest BCUT2D eigenvalue weighted by Crippen LogP contribution is 2.20. The van der Waals surface area contributed by atoms with Crippen LogP contribution in [0.15, 0.2) is 12.1 Å². The summed E-state index contributed by atoms with van der Waals surface area (Å²) in [4.78, 5) is 14.0. The highest BCUT2D eigenvalue weighted by Gasteiger charge is 2.29. The molecular formula is C12H18N2O2. The van der Waals surface area contributed by atoms with Crippen LogP contribution in [0.2, 0.25) is 0 Å². The summed E-state index contributed by atoms with van der Waals surface area (Å²) in [6.07, 6.45) is 1.89. The molecule has 1 aromatic heterocycles. The Bertz CT molecular complexity index is 398. The van der Waals surface area contributed by atoms with Crippen molar-refractivity contribution >= 4 is 5.91 Å². The van der Waals surface area contributed by atoms with E-state index in [0.717, 1.165) is 25.1 Å². The van der Waals surface area contributed by atoms with Gasteiger partial charge in [-0.1, -0.05) is 0 Å². The van der Waals surface area contributed by atoms with Gasteiger partial charge in [-0.15, -0.1) is 0 Å². The Morgan fingerprint density at radius 2 is 2.31 bits per heavy atom. The Kier molecular flexibility index (Phi) is 3.01. The third-order valence-electron chi connectivity index (χ3n) is 3.44. The first-order valence-electron chi connectivity index (χ1n) is 5.69. The van der Waals surface area contributed by atoms with Crippen LogP contribution in [0.25, 0.3) is 0 Å². The lowest BCUT2D eigenvalue weighted by Gasteiger charge is -2.23. The van der Waals surface area contributed by atoms with Gasteiger partial charge in [0.2, 0.25) is 0 Å². The van der Waals surface area contributed by atoms with Gasteiger partial charge in [-0.3, -0.25) is 4.79 Å². The summed E-state index contributed by atoms with van der Waals surface area (Å²) in [6, 6.07) is 3.80. The maximum atomic E-state index is 12.2. The standard InChI is InChI=1S/C12H18N2O2/c1-9-5-6-11(13(9)2)12(16)14-7-3-4-10(14)8-15/h5-6,10,15H,3-4,7-8H2,1-2H3. The van der Waals surface area contributed by atoms with E-state index in [1.807, 2.05) is 30.7 Å². The predicted octanol–water partition coefficient (Wildman–Crippen LogP) is 0.930. The van der Waals surface area contributed by atoms with Gasteiger partial charge in [0, 0.05) is 19.3 Å². The molecule has 0 radical (unpaired) electrons. The largest absolute Gasteiger partial charge is 0.394 e. The lowest BCUT2D eigenvalue weighted by atomic mass is 10.2. The maximum absolute atomic E-state index is 12.2. The van der Waals surface area contributed by atoms with E-state index in [-0.39, 0.29) is 18.6 Å². The zero-order chi connectivity index (χ0) is 11.7. The molecule has 4 heteroatoms. The number of aromatic nitrogens is 1.